The lowest BCUT2D eigenvalue weighted by molar-refractivity contribution is 0.781. The molecule has 2 aromatic heterocycles. The molecule has 0 radical (unpaired) electrons. The number of allylic oxidation sites excluding steroid dienone is 1. The van der Waals surface area contributed by atoms with Gasteiger partial charge < -0.3 is 9.88 Å². The second-order valence-corrected chi connectivity index (χ2v) is 14.2. The van der Waals surface area contributed by atoms with Crippen molar-refractivity contribution in [2.24, 2.45) is 4.99 Å². The highest BCUT2D eigenvalue weighted by molar-refractivity contribution is 7.26. The highest BCUT2D eigenvalue weighted by atomic mass is 32.1. The van der Waals surface area contributed by atoms with Crippen molar-refractivity contribution in [3.63, 3.8) is 0 Å². The van der Waals surface area contributed by atoms with Gasteiger partial charge in [-0.15, -0.1) is 11.3 Å². The molecule has 0 saturated carbocycles. The van der Waals surface area contributed by atoms with Crippen molar-refractivity contribution < 1.29 is 0 Å². The maximum Gasteiger partial charge on any atom is 0.134 e. The van der Waals surface area contributed by atoms with Gasteiger partial charge in [-0.2, -0.15) is 0 Å². The monoisotopic (exact) mass is 659 g/mol. The molecule has 1 unspecified atom stereocenters. The highest BCUT2D eigenvalue weighted by Gasteiger charge is 2.23. The SMILES string of the molecule is C1=Cc2c(c3cc(-c4cccc5c4sc4ccccc45)ccc3n2-c2cccc(C3=NC(c4ccccc4)=CC(c4ccccc4)N3)c2)CC1. The van der Waals surface area contributed by atoms with E-state index in [1.807, 2.05) is 11.3 Å². The number of nitrogens with zero attached hydrogens (tertiary/aromatic N) is 2. The molecule has 6 aromatic carbocycles. The van der Waals surface area contributed by atoms with E-state index in [4.69, 9.17) is 4.99 Å². The molecular weight excluding hydrogens is 627 g/mol. The summed E-state index contributed by atoms with van der Waals surface area (Å²) >= 11 is 1.89. The van der Waals surface area contributed by atoms with Gasteiger partial charge in [0.1, 0.15) is 5.84 Å². The summed E-state index contributed by atoms with van der Waals surface area (Å²) in [6.45, 7) is 0. The van der Waals surface area contributed by atoms with E-state index >= 15 is 0 Å². The molecule has 3 heterocycles. The Labute approximate surface area is 295 Å². The number of amidine groups is 1. The van der Waals surface area contributed by atoms with Crippen molar-refractivity contribution in [3.8, 4) is 16.8 Å². The molecule has 1 aliphatic heterocycles. The Bertz CT molecular complexity index is 2670. The number of aryl methyl sites for hydroxylation is 1. The van der Waals surface area contributed by atoms with Gasteiger partial charge >= 0.3 is 0 Å². The van der Waals surface area contributed by atoms with Crippen molar-refractivity contribution in [3.05, 3.63) is 186 Å². The van der Waals surface area contributed by atoms with E-state index in [0.29, 0.717) is 0 Å². The highest BCUT2D eigenvalue weighted by Crippen LogP contribution is 2.42. The summed E-state index contributed by atoms with van der Waals surface area (Å²) in [4.78, 5) is 5.20. The number of thiophene rings is 1. The van der Waals surface area contributed by atoms with E-state index in [9.17, 15) is 0 Å². The van der Waals surface area contributed by atoms with Crippen molar-refractivity contribution in [1.82, 2.24) is 9.88 Å². The smallest absolute Gasteiger partial charge is 0.134 e. The summed E-state index contributed by atoms with van der Waals surface area (Å²) in [5.41, 5.74) is 12.0. The molecule has 2 aliphatic rings. The Morgan fingerprint density at radius 2 is 1.44 bits per heavy atom. The van der Waals surface area contributed by atoms with Crippen LogP contribution >= 0.6 is 11.3 Å². The van der Waals surface area contributed by atoms with Crippen molar-refractivity contribution in [2.75, 3.05) is 0 Å². The van der Waals surface area contributed by atoms with Gasteiger partial charge in [0.15, 0.2) is 0 Å². The zero-order valence-electron chi connectivity index (χ0n) is 27.4. The molecule has 3 nitrogen and oxygen atoms in total. The van der Waals surface area contributed by atoms with Crippen LogP contribution in [0, 0.1) is 0 Å². The van der Waals surface area contributed by atoms with Crippen LogP contribution in [0.3, 0.4) is 0 Å². The van der Waals surface area contributed by atoms with Crippen molar-refractivity contribution in [1.29, 1.82) is 0 Å². The first-order valence-electron chi connectivity index (χ1n) is 17.3. The molecule has 4 heteroatoms. The average Bonchev–Trinajstić information content (AvgIpc) is 3.74. The topological polar surface area (TPSA) is 29.3 Å². The summed E-state index contributed by atoms with van der Waals surface area (Å²) < 4.78 is 5.13. The van der Waals surface area contributed by atoms with Crippen LogP contribution in [0.4, 0.5) is 0 Å². The Kier molecular flexibility index (Phi) is 6.88. The molecule has 0 bridgehead atoms. The normalized spacial score (nSPS) is 15.6. The number of hydrogen-bond acceptors (Lipinski definition) is 3. The van der Waals surface area contributed by atoms with Gasteiger partial charge in [0, 0.05) is 42.5 Å². The van der Waals surface area contributed by atoms with E-state index in [0.717, 1.165) is 41.2 Å². The number of aromatic nitrogens is 1. The summed E-state index contributed by atoms with van der Waals surface area (Å²) in [5.74, 6) is 0.877. The lowest BCUT2D eigenvalue weighted by Gasteiger charge is -2.25. The largest absolute Gasteiger partial charge is 0.359 e. The third-order valence-electron chi connectivity index (χ3n) is 10.1. The number of fused-ring (bicyclic) bond motifs is 6. The van der Waals surface area contributed by atoms with E-state index in [2.05, 4.69) is 174 Å². The molecule has 238 valence electrons. The minimum atomic E-state index is 0.00877. The minimum absolute atomic E-state index is 0.00877. The Balaban J connectivity index is 1.10. The van der Waals surface area contributed by atoms with E-state index in [-0.39, 0.29) is 6.04 Å². The fraction of sp³-hybridized carbons (Fsp3) is 0.0652. The van der Waals surface area contributed by atoms with Gasteiger partial charge in [-0.05, 0) is 83.1 Å². The molecule has 8 aromatic rings. The molecule has 0 spiro atoms. The molecule has 0 saturated heterocycles. The van der Waals surface area contributed by atoms with E-state index in [1.165, 1.54) is 59.0 Å². The zero-order chi connectivity index (χ0) is 33.0. The number of benzene rings is 6. The number of nitrogens with one attached hydrogen (secondary N) is 1. The fourth-order valence-corrected chi connectivity index (χ4v) is 8.98. The molecular formula is C46H33N3S. The Hall–Kier alpha value is -5.97. The third kappa shape index (κ3) is 4.83. The standard InChI is InChI=1S/C46H33N3S/c1-3-13-30(14-4-1)40-29-41(31-15-5-2-6-16-31)48-46(47-40)33-17-11-18-34(27-33)49-42-23-9-7-19-36(42)39-28-32(25-26-43(39)49)35-21-12-22-38-37-20-8-10-24-44(37)50-45(35)38/h1-6,8-18,20-29,40H,7,19H2,(H,47,48). The minimum Gasteiger partial charge on any atom is -0.359 e. The second kappa shape index (κ2) is 11.9. The molecule has 10 rings (SSSR count). The lowest BCUT2D eigenvalue weighted by atomic mass is 9.97. The summed E-state index contributed by atoms with van der Waals surface area (Å²) in [7, 11) is 0. The third-order valence-corrected chi connectivity index (χ3v) is 11.3. The van der Waals surface area contributed by atoms with Crippen LogP contribution in [-0.4, -0.2) is 10.4 Å². The van der Waals surface area contributed by atoms with E-state index < -0.39 is 0 Å². The zero-order valence-corrected chi connectivity index (χ0v) is 28.2. The first-order valence-corrected chi connectivity index (χ1v) is 18.1. The number of aliphatic imine (C=N–C) groups is 1. The first kappa shape index (κ1) is 29.0. The van der Waals surface area contributed by atoms with Crippen LogP contribution in [-0.2, 0) is 6.42 Å². The molecule has 1 N–H and O–H groups in total. The van der Waals surface area contributed by atoms with Gasteiger partial charge in [0.05, 0.1) is 17.3 Å². The maximum atomic E-state index is 5.20. The van der Waals surface area contributed by atoms with Crippen LogP contribution in [0.2, 0.25) is 0 Å². The van der Waals surface area contributed by atoms with Crippen molar-refractivity contribution >= 4 is 60.0 Å². The second-order valence-electron chi connectivity index (χ2n) is 13.1. The summed E-state index contributed by atoms with van der Waals surface area (Å²) in [5, 5.41) is 7.76. The Morgan fingerprint density at radius 3 is 2.34 bits per heavy atom. The van der Waals surface area contributed by atoms with Crippen LogP contribution < -0.4 is 5.32 Å². The molecule has 0 amide bonds. The number of rotatable bonds is 5. The average molecular weight is 660 g/mol. The van der Waals surface area contributed by atoms with Gasteiger partial charge in [0.2, 0.25) is 0 Å². The van der Waals surface area contributed by atoms with Gasteiger partial charge in [-0.1, -0.05) is 121 Å². The predicted molar refractivity (Wildman–Crippen MR) is 212 cm³/mol. The summed E-state index contributed by atoms with van der Waals surface area (Å²) in [6.07, 6.45) is 8.95. The molecule has 0 fully saturated rings. The quantitative estimate of drug-likeness (QED) is 0.196. The van der Waals surface area contributed by atoms with Crippen molar-refractivity contribution in [2.45, 2.75) is 18.9 Å². The van der Waals surface area contributed by atoms with Crippen LogP contribution in [0.5, 0.6) is 0 Å². The van der Waals surface area contributed by atoms with Gasteiger partial charge in [0.25, 0.3) is 0 Å². The molecule has 1 atom stereocenters. The Morgan fingerprint density at radius 1 is 0.660 bits per heavy atom. The molecule has 50 heavy (non-hydrogen) atoms. The lowest BCUT2D eigenvalue weighted by Crippen LogP contribution is -2.31. The van der Waals surface area contributed by atoms with E-state index in [1.54, 1.807) is 0 Å². The molecule has 1 aliphatic carbocycles. The number of hydrogen-bond donors (Lipinski definition) is 1. The fourth-order valence-electron chi connectivity index (χ4n) is 7.74. The van der Waals surface area contributed by atoms with Crippen LogP contribution in [0.25, 0.3) is 59.7 Å². The first-order chi connectivity index (χ1) is 24.8. The van der Waals surface area contributed by atoms with Gasteiger partial charge in [-0.25, -0.2) is 4.99 Å². The maximum absolute atomic E-state index is 5.20. The van der Waals surface area contributed by atoms with Crippen LogP contribution in [0.1, 0.15) is 40.4 Å². The predicted octanol–water partition coefficient (Wildman–Crippen LogP) is 11.8. The summed E-state index contributed by atoms with van der Waals surface area (Å²) in [6, 6.07) is 52.5. The van der Waals surface area contributed by atoms with Gasteiger partial charge in [-0.3, -0.25) is 0 Å². The van der Waals surface area contributed by atoms with Crippen LogP contribution in [0.15, 0.2) is 163 Å².